The Morgan fingerprint density at radius 1 is 0.808 bits per heavy atom. The third kappa shape index (κ3) is 8.92. The van der Waals surface area contributed by atoms with Crippen molar-refractivity contribution < 1.29 is 40.2 Å². The number of aliphatic hydroxyl groups excluding tert-OH is 4. The molecule has 0 saturated carbocycles. The van der Waals surface area contributed by atoms with Gasteiger partial charge in [0.05, 0.1) is 39.3 Å². The fourth-order valence-corrected chi connectivity index (χ4v) is 6.10. The van der Waals surface area contributed by atoms with Gasteiger partial charge in [0.25, 0.3) is 0 Å². The highest BCUT2D eigenvalue weighted by atomic mass is 33.1. The summed E-state index contributed by atoms with van der Waals surface area (Å²) in [6.07, 6.45) is -0.155. The molecule has 154 valence electrons. The largest absolute Gasteiger partial charge is 0.481 e. The van der Waals surface area contributed by atoms with E-state index in [1.807, 2.05) is 0 Å². The highest BCUT2D eigenvalue weighted by Gasteiger charge is 2.45. The van der Waals surface area contributed by atoms with E-state index in [4.69, 9.17) is 5.11 Å². The highest BCUT2D eigenvalue weighted by Crippen LogP contribution is 2.51. The van der Waals surface area contributed by atoms with Crippen molar-refractivity contribution in [2.45, 2.75) is 44.3 Å². The summed E-state index contributed by atoms with van der Waals surface area (Å²) in [6.45, 7) is 1.81. The second-order valence-electron chi connectivity index (χ2n) is 7.41. The van der Waals surface area contributed by atoms with Gasteiger partial charge in [0.1, 0.15) is 0 Å². The van der Waals surface area contributed by atoms with Crippen LogP contribution in [0.1, 0.15) is 39.5 Å². The van der Waals surface area contributed by atoms with Gasteiger partial charge in [0, 0.05) is 21.3 Å². The smallest absolute Gasteiger partial charge is 0.304 e. The predicted octanol–water partition coefficient (Wildman–Crippen LogP) is 0.818. The van der Waals surface area contributed by atoms with Gasteiger partial charge in [-0.1, -0.05) is 35.4 Å². The Bertz CT molecular complexity index is 430. The summed E-state index contributed by atoms with van der Waals surface area (Å²) in [6, 6.07) is 0. The molecule has 0 fully saturated rings. The van der Waals surface area contributed by atoms with Crippen LogP contribution in [0.15, 0.2) is 0 Å². The first-order valence-electron chi connectivity index (χ1n) is 8.17. The van der Waals surface area contributed by atoms with Gasteiger partial charge < -0.3 is 30.6 Å². The molecule has 0 spiro atoms. The van der Waals surface area contributed by atoms with Crippen LogP contribution in [-0.2, 0) is 9.59 Å². The Labute approximate surface area is 161 Å². The van der Waals surface area contributed by atoms with Crippen molar-refractivity contribution in [3.8, 4) is 0 Å². The third-order valence-electron chi connectivity index (χ3n) is 4.13. The normalized spacial score (nSPS) is 13.0. The maximum absolute atomic E-state index is 11.5. The molecule has 6 N–H and O–H groups in total. The zero-order chi connectivity index (χ0) is 20.4. The summed E-state index contributed by atoms with van der Waals surface area (Å²) in [5, 5.41) is 56.7. The van der Waals surface area contributed by atoms with Gasteiger partial charge in [0.15, 0.2) is 0 Å². The van der Waals surface area contributed by atoms with Gasteiger partial charge in [-0.25, -0.2) is 0 Å². The molecule has 0 unspecified atom stereocenters. The molecule has 0 aromatic rings. The fourth-order valence-electron chi connectivity index (χ4n) is 2.73. The minimum atomic E-state index is -1.09. The third-order valence-corrected chi connectivity index (χ3v) is 7.32. The standard InChI is InChI=1S/C16H30O8S2/c1-14(8-17,9-18)6-16(5-13(23)24,7-15(2,10-19)11-20)26-25-4-3-12(21)22/h17-20H,3-11H2,1-2H3,(H,21,22)(H,23,24). The van der Waals surface area contributed by atoms with Crippen LogP contribution in [0, 0.1) is 10.8 Å². The first kappa shape index (κ1) is 25.5. The molecule has 0 aliphatic carbocycles. The maximum Gasteiger partial charge on any atom is 0.304 e. The molecule has 0 saturated heterocycles. The van der Waals surface area contributed by atoms with Crippen LogP contribution in [0.5, 0.6) is 0 Å². The van der Waals surface area contributed by atoms with E-state index in [9.17, 15) is 35.1 Å². The molecule has 0 bridgehead atoms. The average Bonchev–Trinajstić information content (AvgIpc) is 2.57. The maximum atomic E-state index is 11.5. The van der Waals surface area contributed by atoms with E-state index >= 15 is 0 Å². The van der Waals surface area contributed by atoms with Gasteiger partial charge in [0.2, 0.25) is 0 Å². The Morgan fingerprint density at radius 2 is 1.23 bits per heavy atom. The zero-order valence-corrected chi connectivity index (χ0v) is 16.8. The fraction of sp³-hybridized carbons (Fsp3) is 0.875. The van der Waals surface area contributed by atoms with Crippen LogP contribution in [0.4, 0.5) is 0 Å². The first-order valence-corrected chi connectivity index (χ1v) is 10.5. The van der Waals surface area contributed by atoms with Crippen LogP contribution < -0.4 is 0 Å². The number of carboxylic acid groups (broad SMARTS) is 2. The lowest BCUT2D eigenvalue weighted by Crippen LogP contribution is -2.44. The lowest BCUT2D eigenvalue weighted by atomic mass is 9.73. The Kier molecular flexibility index (Phi) is 11.1. The quantitative estimate of drug-likeness (QED) is 0.167. The average molecular weight is 415 g/mol. The Balaban J connectivity index is 5.68. The molecule has 0 aliphatic heterocycles. The van der Waals surface area contributed by atoms with E-state index in [0.717, 1.165) is 0 Å². The first-order chi connectivity index (χ1) is 12.0. The summed E-state index contributed by atoms with van der Waals surface area (Å²) < 4.78 is -1.02. The van der Waals surface area contributed by atoms with Crippen molar-refractivity contribution in [3.05, 3.63) is 0 Å². The monoisotopic (exact) mass is 414 g/mol. The molecular formula is C16H30O8S2. The van der Waals surface area contributed by atoms with E-state index in [1.165, 1.54) is 21.6 Å². The van der Waals surface area contributed by atoms with Gasteiger partial charge in [-0.05, 0) is 12.8 Å². The number of aliphatic carboxylic acids is 2. The molecule has 26 heavy (non-hydrogen) atoms. The van der Waals surface area contributed by atoms with Crippen LogP contribution in [0.3, 0.4) is 0 Å². The topological polar surface area (TPSA) is 156 Å². The van der Waals surface area contributed by atoms with Crippen molar-refractivity contribution >= 4 is 33.5 Å². The van der Waals surface area contributed by atoms with Crippen LogP contribution in [0.2, 0.25) is 0 Å². The molecule has 0 atom stereocenters. The van der Waals surface area contributed by atoms with Crippen LogP contribution in [0.25, 0.3) is 0 Å². The number of carbonyl (C=O) groups is 2. The number of rotatable bonds is 15. The lowest BCUT2D eigenvalue weighted by molar-refractivity contribution is -0.138. The van der Waals surface area contributed by atoms with Crippen LogP contribution >= 0.6 is 21.6 Å². The van der Waals surface area contributed by atoms with Gasteiger partial charge >= 0.3 is 11.9 Å². The molecule has 8 nitrogen and oxygen atoms in total. The molecule has 0 amide bonds. The van der Waals surface area contributed by atoms with Crippen molar-refractivity contribution in [2.75, 3.05) is 32.2 Å². The minimum Gasteiger partial charge on any atom is -0.481 e. The van der Waals surface area contributed by atoms with E-state index in [1.54, 1.807) is 13.8 Å². The Hall–Kier alpha value is -0.520. The summed E-state index contributed by atoms with van der Waals surface area (Å²) in [4.78, 5) is 22.2. The van der Waals surface area contributed by atoms with E-state index in [2.05, 4.69) is 0 Å². The molecule has 10 heteroatoms. The number of carboxylic acids is 2. The van der Waals surface area contributed by atoms with Crippen molar-refractivity contribution in [1.82, 2.24) is 0 Å². The molecule has 0 rings (SSSR count). The number of aliphatic hydroxyl groups is 4. The minimum absolute atomic E-state index is 0.0879. The second kappa shape index (κ2) is 11.4. The summed E-state index contributed by atoms with van der Waals surface area (Å²) in [5.41, 5.74) is -1.91. The van der Waals surface area contributed by atoms with Crippen molar-refractivity contribution in [3.63, 3.8) is 0 Å². The van der Waals surface area contributed by atoms with Crippen LogP contribution in [-0.4, -0.2) is 79.5 Å². The summed E-state index contributed by atoms with van der Waals surface area (Å²) in [7, 11) is 2.38. The molecule has 0 radical (unpaired) electrons. The van der Waals surface area contributed by atoms with Gasteiger partial charge in [-0.3, -0.25) is 9.59 Å². The number of hydrogen-bond donors (Lipinski definition) is 6. The molecule has 0 heterocycles. The molecule has 0 aromatic carbocycles. The number of hydrogen-bond acceptors (Lipinski definition) is 8. The van der Waals surface area contributed by atoms with E-state index in [0.29, 0.717) is 0 Å². The SMILES string of the molecule is CC(CO)(CO)CC(CC(=O)O)(CC(C)(CO)CO)SSCCC(=O)O. The Morgan fingerprint density at radius 3 is 1.54 bits per heavy atom. The van der Waals surface area contributed by atoms with Crippen molar-refractivity contribution in [1.29, 1.82) is 0 Å². The summed E-state index contributed by atoms with van der Waals surface area (Å²) in [5.74, 6) is -1.80. The van der Waals surface area contributed by atoms with Crippen molar-refractivity contribution in [2.24, 2.45) is 10.8 Å². The van der Waals surface area contributed by atoms with E-state index in [-0.39, 0.29) is 57.9 Å². The summed E-state index contributed by atoms with van der Waals surface area (Å²) >= 11 is 0. The van der Waals surface area contributed by atoms with Gasteiger partial charge in [-0.2, -0.15) is 0 Å². The lowest BCUT2D eigenvalue weighted by Gasteiger charge is -2.43. The predicted molar refractivity (Wildman–Crippen MR) is 101 cm³/mol. The van der Waals surface area contributed by atoms with E-state index < -0.39 is 27.5 Å². The van der Waals surface area contributed by atoms with Gasteiger partial charge in [-0.15, -0.1) is 0 Å². The molecular weight excluding hydrogens is 384 g/mol. The molecule has 0 aromatic heterocycles. The highest BCUT2D eigenvalue weighted by molar-refractivity contribution is 8.77. The molecule has 0 aliphatic rings. The zero-order valence-electron chi connectivity index (χ0n) is 15.2. The second-order valence-corrected chi connectivity index (χ2v) is 10.3.